The maximum absolute atomic E-state index is 12.6. The summed E-state index contributed by atoms with van der Waals surface area (Å²) >= 11 is 0. The quantitative estimate of drug-likeness (QED) is 0.816. The number of carbonyl (C=O) groups is 1. The second kappa shape index (κ2) is 7.18. The molecule has 1 heterocycles. The first-order chi connectivity index (χ1) is 10.4. The van der Waals surface area contributed by atoms with Crippen LogP contribution in [0.25, 0.3) is 0 Å². The van der Waals surface area contributed by atoms with Crippen molar-refractivity contribution in [3.05, 3.63) is 0 Å². The van der Waals surface area contributed by atoms with E-state index in [0.29, 0.717) is 19.4 Å². The van der Waals surface area contributed by atoms with Crippen LogP contribution in [0.3, 0.4) is 0 Å². The molecule has 1 amide bonds. The Bertz CT molecular complexity index is 416. The van der Waals surface area contributed by atoms with Gasteiger partial charge in [0.05, 0.1) is 5.92 Å². The van der Waals surface area contributed by atoms with Crippen molar-refractivity contribution < 1.29 is 18.0 Å². The Balaban J connectivity index is 0.00000192. The fraction of sp³-hybridized carbons (Fsp3) is 0.938. The summed E-state index contributed by atoms with van der Waals surface area (Å²) in [5.74, 6) is -0.660. The molecule has 0 aromatic rings. The highest BCUT2D eigenvalue weighted by Crippen LogP contribution is 2.58. The molecule has 1 spiro atoms. The first kappa shape index (κ1) is 18.8. The molecule has 0 bridgehead atoms. The molecule has 23 heavy (non-hydrogen) atoms. The summed E-state index contributed by atoms with van der Waals surface area (Å²) in [5, 5.41) is 6.32. The monoisotopic (exact) mass is 354 g/mol. The van der Waals surface area contributed by atoms with Crippen molar-refractivity contribution in [2.24, 2.45) is 23.2 Å². The van der Waals surface area contributed by atoms with Gasteiger partial charge in [-0.2, -0.15) is 13.2 Å². The minimum absolute atomic E-state index is 0. The van der Waals surface area contributed by atoms with Gasteiger partial charge in [0, 0.05) is 12.5 Å². The number of alkyl halides is 3. The molecular formula is C16H26ClF3N2O. The van der Waals surface area contributed by atoms with Gasteiger partial charge in [0.2, 0.25) is 5.91 Å². The van der Waals surface area contributed by atoms with Gasteiger partial charge in [-0.25, -0.2) is 0 Å². The van der Waals surface area contributed by atoms with E-state index in [9.17, 15) is 18.0 Å². The molecule has 1 unspecified atom stereocenters. The fourth-order valence-corrected chi connectivity index (χ4v) is 4.26. The molecule has 7 heteroatoms. The van der Waals surface area contributed by atoms with E-state index in [2.05, 4.69) is 10.6 Å². The Morgan fingerprint density at radius 3 is 2.30 bits per heavy atom. The highest BCUT2D eigenvalue weighted by atomic mass is 35.5. The summed E-state index contributed by atoms with van der Waals surface area (Å²) < 4.78 is 37.9. The highest BCUT2D eigenvalue weighted by Gasteiger charge is 2.57. The average Bonchev–Trinajstić information content (AvgIpc) is 3.18. The normalized spacial score (nSPS) is 32.9. The van der Waals surface area contributed by atoms with Crippen LogP contribution in [0.4, 0.5) is 13.2 Å². The Morgan fingerprint density at radius 1 is 1.13 bits per heavy atom. The maximum Gasteiger partial charge on any atom is 0.391 e. The van der Waals surface area contributed by atoms with Crippen LogP contribution in [0.5, 0.6) is 0 Å². The third-order valence-electron chi connectivity index (χ3n) is 5.98. The van der Waals surface area contributed by atoms with Crippen molar-refractivity contribution in [3.8, 4) is 0 Å². The van der Waals surface area contributed by atoms with Crippen molar-refractivity contribution in [3.63, 3.8) is 0 Å². The molecule has 2 saturated carbocycles. The average molecular weight is 355 g/mol. The lowest BCUT2D eigenvalue weighted by Gasteiger charge is -2.30. The van der Waals surface area contributed by atoms with Gasteiger partial charge in [-0.3, -0.25) is 4.79 Å². The summed E-state index contributed by atoms with van der Waals surface area (Å²) in [4.78, 5) is 12.2. The summed E-state index contributed by atoms with van der Waals surface area (Å²) in [6.45, 7) is 2.53. The van der Waals surface area contributed by atoms with Crippen LogP contribution in [0.15, 0.2) is 0 Å². The molecule has 2 N–H and O–H groups in total. The van der Waals surface area contributed by atoms with Crippen LogP contribution in [0.1, 0.15) is 44.9 Å². The molecule has 0 radical (unpaired) electrons. The molecule has 0 aromatic carbocycles. The minimum Gasteiger partial charge on any atom is -0.356 e. The van der Waals surface area contributed by atoms with Crippen molar-refractivity contribution in [2.45, 2.75) is 51.1 Å². The topological polar surface area (TPSA) is 41.1 Å². The van der Waals surface area contributed by atoms with Crippen LogP contribution in [-0.2, 0) is 4.79 Å². The number of piperidine rings is 1. The molecule has 3 nitrogen and oxygen atoms in total. The van der Waals surface area contributed by atoms with Gasteiger partial charge in [-0.1, -0.05) is 0 Å². The number of rotatable bonds is 3. The molecule has 1 aliphatic heterocycles. The van der Waals surface area contributed by atoms with Gasteiger partial charge in [0.1, 0.15) is 0 Å². The highest BCUT2D eigenvalue weighted by molar-refractivity contribution is 5.85. The van der Waals surface area contributed by atoms with Crippen molar-refractivity contribution in [2.75, 3.05) is 19.6 Å². The van der Waals surface area contributed by atoms with Crippen LogP contribution >= 0.6 is 12.4 Å². The molecule has 3 rings (SSSR count). The van der Waals surface area contributed by atoms with Gasteiger partial charge >= 0.3 is 6.18 Å². The van der Waals surface area contributed by atoms with E-state index in [1.807, 2.05) is 0 Å². The van der Waals surface area contributed by atoms with E-state index >= 15 is 0 Å². The molecule has 1 saturated heterocycles. The first-order valence-corrected chi connectivity index (χ1v) is 8.46. The molecule has 1 atom stereocenters. The predicted molar refractivity (Wildman–Crippen MR) is 84.4 cm³/mol. The van der Waals surface area contributed by atoms with E-state index in [-0.39, 0.29) is 48.4 Å². The van der Waals surface area contributed by atoms with Crippen molar-refractivity contribution in [1.29, 1.82) is 0 Å². The molecule has 134 valence electrons. The van der Waals surface area contributed by atoms with Gasteiger partial charge in [0.15, 0.2) is 0 Å². The van der Waals surface area contributed by atoms with E-state index in [0.717, 1.165) is 32.4 Å². The standard InChI is InChI=1S/C16H25F3N2O.ClH/c17-16(18,19)12-3-1-11(2-4-12)10-21-14(22)13-9-15(13)5-7-20-8-6-15;/h11-13,20H,1-10H2,(H,21,22);1H. The Hall–Kier alpha value is -0.490. The number of amides is 1. The summed E-state index contributed by atoms with van der Waals surface area (Å²) in [7, 11) is 0. The smallest absolute Gasteiger partial charge is 0.356 e. The van der Waals surface area contributed by atoms with Gasteiger partial charge < -0.3 is 10.6 Å². The zero-order valence-electron chi connectivity index (χ0n) is 13.3. The summed E-state index contributed by atoms with van der Waals surface area (Å²) in [5.41, 5.74) is 0.225. The van der Waals surface area contributed by atoms with Crippen LogP contribution in [0, 0.1) is 23.2 Å². The number of nitrogens with one attached hydrogen (secondary N) is 2. The zero-order chi connectivity index (χ0) is 15.8. The molecule has 3 fully saturated rings. The van der Waals surface area contributed by atoms with Crippen molar-refractivity contribution in [1.82, 2.24) is 10.6 Å². The van der Waals surface area contributed by atoms with Crippen LogP contribution in [-0.4, -0.2) is 31.7 Å². The second-order valence-electron chi connectivity index (χ2n) is 7.37. The fourth-order valence-electron chi connectivity index (χ4n) is 4.26. The SMILES string of the molecule is Cl.O=C(NCC1CCC(C(F)(F)F)CC1)C1CC12CCNCC2. The van der Waals surface area contributed by atoms with E-state index < -0.39 is 12.1 Å². The van der Waals surface area contributed by atoms with Gasteiger partial charge in [0.25, 0.3) is 0 Å². The molecular weight excluding hydrogens is 329 g/mol. The van der Waals surface area contributed by atoms with Crippen molar-refractivity contribution >= 4 is 18.3 Å². The van der Waals surface area contributed by atoms with E-state index in [4.69, 9.17) is 0 Å². The third-order valence-corrected chi connectivity index (χ3v) is 5.98. The van der Waals surface area contributed by atoms with Crippen LogP contribution < -0.4 is 10.6 Å². The zero-order valence-corrected chi connectivity index (χ0v) is 14.1. The van der Waals surface area contributed by atoms with E-state index in [1.54, 1.807) is 0 Å². The Labute approximate surface area is 141 Å². The van der Waals surface area contributed by atoms with Gasteiger partial charge in [-0.05, 0) is 69.4 Å². The number of hydrogen-bond acceptors (Lipinski definition) is 2. The lowest BCUT2D eigenvalue weighted by molar-refractivity contribution is -0.183. The lowest BCUT2D eigenvalue weighted by atomic mass is 9.81. The molecule has 3 aliphatic rings. The molecule has 0 aromatic heterocycles. The van der Waals surface area contributed by atoms with E-state index in [1.165, 1.54) is 0 Å². The predicted octanol–water partition coefficient (Wildman–Crippen LogP) is 3.28. The Morgan fingerprint density at radius 2 is 1.74 bits per heavy atom. The summed E-state index contributed by atoms with van der Waals surface area (Å²) in [6.07, 6.45) is 0.648. The summed E-state index contributed by atoms with van der Waals surface area (Å²) in [6, 6.07) is 0. The number of halogens is 4. The third kappa shape index (κ3) is 4.32. The van der Waals surface area contributed by atoms with Gasteiger partial charge in [-0.15, -0.1) is 12.4 Å². The maximum atomic E-state index is 12.6. The first-order valence-electron chi connectivity index (χ1n) is 8.46. The largest absolute Gasteiger partial charge is 0.391 e. The minimum atomic E-state index is -4.05. The second-order valence-corrected chi connectivity index (χ2v) is 7.37. The van der Waals surface area contributed by atoms with Crippen LogP contribution in [0.2, 0.25) is 0 Å². The lowest BCUT2D eigenvalue weighted by Crippen LogP contribution is -2.37. The molecule has 2 aliphatic carbocycles. The number of hydrogen-bond donors (Lipinski definition) is 2. The Kier molecular flexibility index (Phi) is 5.88. The number of carbonyl (C=O) groups excluding carboxylic acids is 1.